The summed E-state index contributed by atoms with van der Waals surface area (Å²) in [4.78, 5) is 23.0. The minimum absolute atomic E-state index is 0.0332. The Bertz CT molecular complexity index is 525. The zero-order valence-electron chi connectivity index (χ0n) is 10.5. The van der Waals surface area contributed by atoms with E-state index in [0.717, 1.165) is 24.2 Å². The Labute approximate surface area is 114 Å². The molecule has 7 nitrogen and oxygen atoms in total. The normalized spacial score (nSPS) is 18.3. The van der Waals surface area contributed by atoms with Gasteiger partial charge in [0.1, 0.15) is 11.6 Å². The molecule has 1 unspecified atom stereocenters. The predicted octanol–water partition coefficient (Wildman–Crippen LogP) is -0.157. The Kier molecular flexibility index (Phi) is 4.39. The van der Waals surface area contributed by atoms with Crippen LogP contribution in [0, 0.1) is 0 Å². The maximum absolute atomic E-state index is 11.9. The molecule has 1 atom stereocenters. The van der Waals surface area contributed by atoms with Crippen LogP contribution in [0.1, 0.15) is 6.42 Å². The fourth-order valence-corrected chi connectivity index (χ4v) is 2.06. The average molecular weight is 287 g/mol. The Morgan fingerprint density at radius 3 is 3.16 bits per heavy atom. The number of anilines is 1. The third kappa shape index (κ3) is 3.24. The molecular weight excluding hydrogens is 272 g/mol. The van der Waals surface area contributed by atoms with Crippen LogP contribution in [0.3, 0.4) is 0 Å². The number of rotatable bonds is 4. The summed E-state index contributed by atoms with van der Waals surface area (Å²) in [6.07, 6.45) is 2.41. The van der Waals surface area contributed by atoms with Crippen LogP contribution in [0.4, 0.5) is 5.69 Å². The lowest BCUT2D eigenvalue weighted by atomic mass is 10.2. The van der Waals surface area contributed by atoms with E-state index in [4.69, 9.17) is 11.6 Å². The third-order valence-corrected chi connectivity index (χ3v) is 3.28. The molecule has 1 saturated heterocycles. The van der Waals surface area contributed by atoms with Gasteiger partial charge in [-0.2, -0.15) is 5.10 Å². The van der Waals surface area contributed by atoms with Crippen molar-refractivity contribution in [1.82, 2.24) is 15.1 Å². The molecule has 2 N–H and O–H groups in total. The number of carbonyl (C=O) groups is 1. The van der Waals surface area contributed by atoms with Crippen molar-refractivity contribution in [2.45, 2.75) is 19.0 Å². The molecule has 0 radical (unpaired) electrons. The lowest BCUT2D eigenvalue weighted by Gasteiger charge is -2.14. The monoisotopic (exact) mass is 286 g/mol. The average Bonchev–Trinajstić information content (AvgIpc) is 2.91. The molecule has 19 heavy (non-hydrogen) atoms. The van der Waals surface area contributed by atoms with Crippen LogP contribution in [0.2, 0.25) is 5.02 Å². The molecule has 1 aromatic heterocycles. The quantitative estimate of drug-likeness (QED) is 0.749. The molecule has 2 heterocycles. The van der Waals surface area contributed by atoms with Gasteiger partial charge >= 0.3 is 5.97 Å². The Hall–Kier alpha value is -1.60. The van der Waals surface area contributed by atoms with Crippen molar-refractivity contribution in [2.75, 3.05) is 25.5 Å². The smallest absolute Gasteiger partial charge is 0.327 e. The topological polar surface area (TPSA) is 85.2 Å². The number of aromatic nitrogens is 2. The number of esters is 1. The Morgan fingerprint density at radius 1 is 1.74 bits per heavy atom. The first kappa shape index (κ1) is 13.8. The van der Waals surface area contributed by atoms with E-state index in [0.29, 0.717) is 5.69 Å². The molecule has 0 amide bonds. The number of nitrogens with zero attached hydrogens (tertiary/aromatic N) is 2. The summed E-state index contributed by atoms with van der Waals surface area (Å²) >= 11 is 6.00. The fourth-order valence-electron chi connectivity index (χ4n) is 1.86. The minimum atomic E-state index is -0.550. The van der Waals surface area contributed by atoms with Crippen LogP contribution in [0.15, 0.2) is 11.0 Å². The van der Waals surface area contributed by atoms with E-state index in [1.165, 1.54) is 13.3 Å². The second-order valence-corrected chi connectivity index (χ2v) is 4.62. The highest BCUT2D eigenvalue weighted by atomic mass is 35.5. The summed E-state index contributed by atoms with van der Waals surface area (Å²) in [6, 6.07) is 0.232. The number of halogens is 1. The van der Waals surface area contributed by atoms with Crippen LogP contribution >= 0.6 is 11.6 Å². The highest BCUT2D eigenvalue weighted by molar-refractivity contribution is 6.32. The summed E-state index contributed by atoms with van der Waals surface area (Å²) in [5.74, 6) is -0.550. The fraction of sp³-hybridized carbons (Fsp3) is 0.545. The largest absolute Gasteiger partial charge is 0.468 e. The van der Waals surface area contributed by atoms with Crippen LogP contribution in [0.25, 0.3) is 0 Å². The van der Waals surface area contributed by atoms with E-state index >= 15 is 0 Å². The molecule has 1 aliphatic heterocycles. The third-order valence-electron chi connectivity index (χ3n) is 2.91. The van der Waals surface area contributed by atoms with Gasteiger partial charge in [-0.05, 0) is 13.0 Å². The molecule has 0 bridgehead atoms. The first-order chi connectivity index (χ1) is 9.11. The number of carbonyl (C=O) groups excluding carboxylic acids is 1. The van der Waals surface area contributed by atoms with Gasteiger partial charge in [-0.15, -0.1) is 0 Å². The number of hydrogen-bond donors (Lipinski definition) is 2. The zero-order valence-corrected chi connectivity index (χ0v) is 11.2. The highest BCUT2D eigenvalue weighted by Gasteiger charge is 2.17. The van der Waals surface area contributed by atoms with Gasteiger partial charge in [0.05, 0.1) is 19.0 Å². The van der Waals surface area contributed by atoms with Gasteiger partial charge in [-0.1, -0.05) is 11.6 Å². The second-order valence-electron chi connectivity index (χ2n) is 4.25. The summed E-state index contributed by atoms with van der Waals surface area (Å²) in [6.45, 7) is 1.50. The van der Waals surface area contributed by atoms with Gasteiger partial charge in [0.25, 0.3) is 5.56 Å². The summed E-state index contributed by atoms with van der Waals surface area (Å²) < 4.78 is 5.46. The Morgan fingerprint density at radius 2 is 2.53 bits per heavy atom. The molecular formula is C11H15ClN4O3. The molecule has 1 fully saturated rings. The van der Waals surface area contributed by atoms with Crippen LogP contribution in [-0.2, 0) is 16.1 Å². The minimum Gasteiger partial charge on any atom is -0.468 e. The van der Waals surface area contributed by atoms with Crippen molar-refractivity contribution in [2.24, 2.45) is 0 Å². The number of nitrogens with one attached hydrogen (secondary N) is 2. The van der Waals surface area contributed by atoms with Gasteiger partial charge in [0.2, 0.25) is 0 Å². The van der Waals surface area contributed by atoms with Crippen LogP contribution < -0.4 is 16.2 Å². The Balaban J connectivity index is 2.16. The number of hydrogen-bond acceptors (Lipinski definition) is 6. The van der Waals surface area contributed by atoms with Crippen molar-refractivity contribution < 1.29 is 9.53 Å². The van der Waals surface area contributed by atoms with Gasteiger partial charge in [0, 0.05) is 12.6 Å². The van der Waals surface area contributed by atoms with E-state index in [2.05, 4.69) is 20.5 Å². The second kappa shape index (κ2) is 6.03. The first-order valence-corrected chi connectivity index (χ1v) is 6.29. The zero-order chi connectivity index (χ0) is 13.8. The summed E-state index contributed by atoms with van der Waals surface area (Å²) in [7, 11) is 1.25. The molecule has 104 valence electrons. The van der Waals surface area contributed by atoms with E-state index in [9.17, 15) is 9.59 Å². The van der Waals surface area contributed by atoms with Crippen molar-refractivity contribution in [3.8, 4) is 0 Å². The molecule has 8 heteroatoms. The molecule has 2 rings (SSSR count). The van der Waals surface area contributed by atoms with Crippen molar-refractivity contribution in [3.63, 3.8) is 0 Å². The van der Waals surface area contributed by atoms with Crippen molar-refractivity contribution in [3.05, 3.63) is 21.6 Å². The highest BCUT2D eigenvalue weighted by Crippen LogP contribution is 2.17. The van der Waals surface area contributed by atoms with Gasteiger partial charge in [-0.25, -0.2) is 4.68 Å². The van der Waals surface area contributed by atoms with Gasteiger partial charge < -0.3 is 15.4 Å². The number of methoxy groups -OCH3 is 1. The maximum atomic E-state index is 11.9. The molecule has 1 aliphatic rings. The molecule has 1 aromatic rings. The lowest BCUT2D eigenvalue weighted by Crippen LogP contribution is -2.30. The van der Waals surface area contributed by atoms with Crippen molar-refractivity contribution in [1.29, 1.82) is 0 Å². The predicted molar refractivity (Wildman–Crippen MR) is 70.4 cm³/mol. The van der Waals surface area contributed by atoms with Crippen LogP contribution in [0.5, 0.6) is 0 Å². The van der Waals surface area contributed by atoms with Gasteiger partial charge in [0.15, 0.2) is 0 Å². The first-order valence-electron chi connectivity index (χ1n) is 5.91. The molecule has 0 aliphatic carbocycles. The van der Waals surface area contributed by atoms with Crippen molar-refractivity contribution >= 4 is 23.3 Å². The molecule has 0 saturated carbocycles. The number of ether oxygens (including phenoxy) is 1. The van der Waals surface area contributed by atoms with E-state index < -0.39 is 11.5 Å². The summed E-state index contributed by atoms with van der Waals surface area (Å²) in [5.41, 5.74) is -0.0236. The van der Waals surface area contributed by atoms with E-state index in [1.54, 1.807) is 0 Å². The molecule has 0 spiro atoms. The standard InChI is InChI=1S/C11H15ClN4O3/c1-19-9(17)6-16-11(18)10(12)8(5-14-16)15-7-2-3-13-4-7/h5,7,13,15H,2-4,6H2,1H3. The molecule has 0 aromatic carbocycles. The van der Waals surface area contributed by atoms with E-state index in [-0.39, 0.29) is 17.6 Å². The maximum Gasteiger partial charge on any atom is 0.327 e. The van der Waals surface area contributed by atoms with E-state index in [1.807, 2.05) is 0 Å². The summed E-state index contributed by atoms with van der Waals surface area (Å²) in [5, 5.41) is 10.3. The SMILES string of the molecule is COC(=O)Cn1ncc(NC2CCNC2)c(Cl)c1=O. The van der Waals surface area contributed by atoms with Crippen LogP contribution in [-0.4, -0.2) is 42.0 Å². The van der Waals surface area contributed by atoms with Gasteiger partial charge in [-0.3, -0.25) is 9.59 Å². The lowest BCUT2D eigenvalue weighted by molar-refractivity contribution is -0.141.